The highest BCUT2D eigenvalue weighted by atomic mass is 16.3. The van der Waals surface area contributed by atoms with Gasteiger partial charge in [-0.3, -0.25) is 0 Å². The maximum atomic E-state index is 9.26. The molecule has 2 aromatic carbocycles. The molecule has 2 aromatic rings. The van der Waals surface area contributed by atoms with Gasteiger partial charge in [-0.1, -0.05) is 38.8 Å². The van der Waals surface area contributed by atoms with Crippen LogP contribution in [0.25, 0.3) is 0 Å². The first-order valence-corrected chi connectivity index (χ1v) is 7.50. The Morgan fingerprint density at radius 1 is 0.591 bits per heavy atom. The summed E-state index contributed by atoms with van der Waals surface area (Å²) < 4.78 is 0. The topological polar surface area (TPSA) is 80.9 Å². The summed E-state index contributed by atoms with van der Waals surface area (Å²) in [6, 6.07) is 9.61. The molecule has 0 spiro atoms. The molecule has 0 saturated heterocycles. The Morgan fingerprint density at radius 3 is 1.09 bits per heavy atom. The number of hydrogen-bond acceptors (Lipinski definition) is 4. The lowest BCUT2D eigenvalue weighted by molar-refractivity contribution is 0.436. The van der Waals surface area contributed by atoms with Crippen LogP contribution in [0.2, 0.25) is 0 Å². The second-order valence-corrected chi connectivity index (χ2v) is 5.05. The van der Waals surface area contributed by atoms with E-state index in [0.29, 0.717) is 11.1 Å². The van der Waals surface area contributed by atoms with Crippen molar-refractivity contribution in [3.63, 3.8) is 0 Å². The second-order valence-electron chi connectivity index (χ2n) is 5.05. The zero-order valence-electron chi connectivity index (χ0n) is 13.1. The highest BCUT2D eigenvalue weighted by molar-refractivity contribution is 5.43. The second kappa shape index (κ2) is 8.82. The third-order valence-electron chi connectivity index (χ3n) is 3.25. The fourth-order valence-electron chi connectivity index (χ4n) is 2.14. The smallest absolute Gasteiger partial charge is 0.122 e. The van der Waals surface area contributed by atoms with Crippen molar-refractivity contribution in [1.82, 2.24) is 0 Å². The van der Waals surface area contributed by atoms with Crippen molar-refractivity contribution in [1.29, 1.82) is 0 Å². The Labute approximate surface area is 131 Å². The SMILES string of the molecule is CCCc1c(O)cccc1O.CCCc1c(O)cccc1O. The minimum absolute atomic E-state index is 0.187. The number of phenolic OH excluding ortho intramolecular Hbond substituents is 4. The first-order valence-electron chi connectivity index (χ1n) is 7.50. The van der Waals surface area contributed by atoms with E-state index < -0.39 is 0 Å². The maximum absolute atomic E-state index is 9.26. The summed E-state index contributed by atoms with van der Waals surface area (Å²) in [5.41, 5.74) is 1.30. The van der Waals surface area contributed by atoms with Crippen LogP contribution in [0.1, 0.15) is 37.8 Å². The lowest BCUT2D eigenvalue weighted by Crippen LogP contribution is -1.84. The molecule has 0 aromatic heterocycles. The molecule has 0 heterocycles. The van der Waals surface area contributed by atoms with Crippen molar-refractivity contribution in [2.75, 3.05) is 0 Å². The first-order chi connectivity index (χ1) is 10.5. The maximum Gasteiger partial charge on any atom is 0.122 e. The monoisotopic (exact) mass is 304 g/mol. The van der Waals surface area contributed by atoms with Crippen LogP contribution in [-0.4, -0.2) is 20.4 Å². The number of phenols is 4. The van der Waals surface area contributed by atoms with Gasteiger partial charge in [0.15, 0.2) is 0 Å². The van der Waals surface area contributed by atoms with Crippen LogP contribution < -0.4 is 0 Å². The zero-order valence-corrected chi connectivity index (χ0v) is 13.1. The van der Waals surface area contributed by atoms with E-state index >= 15 is 0 Å². The van der Waals surface area contributed by atoms with Gasteiger partial charge in [0.25, 0.3) is 0 Å². The highest BCUT2D eigenvalue weighted by Gasteiger charge is 2.04. The van der Waals surface area contributed by atoms with Crippen LogP contribution in [0.3, 0.4) is 0 Å². The van der Waals surface area contributed by atoms with Crippen LogP contribution in [0.5, 0.6) is 23.0 Å². The number of rotatable bonds is 4. The summed E-state index contributed by atoms with van der Waals surface area (Å²) in [6.45, 7) is 4.01. The third-order valence-corrected chi connectivity index (χ3v) is 3.25. The minimum atomic E-state index is 0.187. The van der Waals surface area contributed by atoms with Crippen LogP contribution in [-0.2, 0) is 12.8 Å². The predicted octanol–water partition coefficient (Wildman–Crippen LogP) is 4.10. The van der Waals surface area contributed by atoms with Crippen LogP contribution in [0, 0.1) is 0 Å². The molecular formula is C18H24O4. The van der Waals surface area contributed by atoms with Gasteiger partial charge >= 0.3 is 0 Å². The van der Waals surface area contributed by atoms with Gasteiger partial charge in [-0.15, -0.1) is 0 Å². The molecule has 120 valence electrons. The molecule has 0 aliphatic rings. The summed E-state index contributed by atoms with van der Waals surface area (Å²) >= 11 is 0. The van der Waals surface area contributed by atoms with Gasteiger partial charge in [0.05, 0.1) is 0 Å². The van der Waals surface area contributed by atoms with Gasteiger partial charge in [-0.2, -0.15) is 0 Å². The van der Waals surface area contributed by atoms with E-state index in [2.05, 4.69) is 0 Å². The molecule has 0 bridgehead atoms. The molecule has 0 unspecified atom stereocenters. The molecule has 4 heteroatoms. The van der Waals surface area contributed by atoms with Crippen LogP contribution >= 0.6 is 0 Å². The van der Waals surface area contributed by atoms with Crippen molar-refractivity contribution in [2.24, 2.45) is 0 Å². The van der Waals surface area contributed by atoms with Gasteiger partial charge in [0.1, 0.15) is 23.0 Å². The van der Waals surface area contributed by atoms with E-state index in [1.807, 2.05) is 13.8 Å². The Kier molecular flexibility index (Phi) is 7.09. The van der Waals surface area contributed by atoms with E-state index in [1.54, 1.807) is 36.4 Å². The number of hydrogen-bond donors (Lipinski definition) is 4. The van der Waals surface area contributed by atoms with Gasteiger partial charge in [0, 0.05) is 11.1 Å². The first kappa shape index (κ1) is 17.7. The van der Waals surface area contributed by atoms with Crippen molar-refractivity contribution >= 4 is 0 Å². The molecule has 0 fully saturated rings. The van der Waals surface area contributed by atoms with Gasteiger partial charge in [-0.05, 0) is 37.1 Å². The Hall–Kier alpha value is -2.36. The van der Waals surface area contributed by atoms with Gasteiger partial charge < -0.3 is 20.4 Å². The minimum Gasteiger partial charge on any atom is -0.508 e. The standard InChI is InChI=1S/2C9H12O2/c2*1-2-4-7-8(10)5-3-6-9(7)11/h2*3,5-6,10-11H,2,4H2,1H3. The average Bonchev–Trinajstić information content (AvgIpc) is 2.48. The predicted molar refractivity (Wildman–Crippen MR) is 87.5 cm³/mol. The van der Waals surface area contributed by atoms with Crippen LogP contribution in [0.4, 0.5) is 0 Å². The lowest BCUT2D eigenvalue weighted by Gasteiger charge is -2.03. The fraction of sp³-hybridized carbons (Fsp3) is 0.333. The van der Waals surface area contributed by atoms with Crippen molar-refractivity contribution in [3.05, 3.63) is 47.5 Å². The van der Waals surface area contributed by atoms with E-state index in [4.69, 9.17) is 0 Å². The Bertz CT molecular complexity index is 500. The Balaban J connectivity index is 0.000000220. The lowest BCUT2D eigenvalue weighted by atomic mass is 10.1. The van der Waals surface area contributed by atoms with Crippen molar-refractivity contribution < 1.29 is 20.4 Å². The summed E-state index contributed by atoms with van der Waals surface area (Å²) in [5, 5.41) is 37.0. The van der Waals surface area contributed by atoms with Gasteiger partial charge in [-0.25, -0.2) is 0 Å². The molecule has 0 aliphatic heterocycles. The molecule has 2 rings (SSSR count). The molecule has 0 radical (unpaired) electrons. The van der Waals surface area contributed by atoms with E-state index in [0.717, 1.165) is 25.7 Å². The van der Waals surface area contributed by atoms with E-state index in [9.17, 15) is 20.4 Å². The highest BCUT2D eigenvalue weighted by Crippen LogP contribution is 2.27. The van der Waals surface area contributed by atoms with Gasteiger partial charge in [0.2, 0.25) is 0 Å². The van der Waals surface area contributed by atoms with Crippen LogP contribution in [0.15, 0.2) is 36.4 Å². The molecule has 4 nitrogen and oxygen atoms in total. The summed E-state index contributed by atoms with van der Waals surface area (Å²) in [4.78, 5) is 0. The summed E-state index contributed by atoms with van der Waals surface area (Å²) in [5.74, 6) is 0.748. The van der Waals surface area contributed by atoms with E-state index in [1.165, 1.54) is 0 Å². The fourth-order valence-corrected chi connectivity index (χ4v) is 2.14. The molecule has 4 N–H and O–H groups in total. The molecular weight excluding hydrogens is 280 g/mol. The summed E-state index contributed by atoms with van der Waals surface area (Å²) in [7, 11) is 0. The Morgan fingerprint density at radius 2 is 0.864 bits per heavy atom. The molecule has 0 aliphatic carbocycles. The molecule has 22 heavy (non-hydrogen) atoms. The largest absolute Gasteiger partial charge is 0.508 e. The van der Waals surface area contributed by atoms with Crippen molar-refractivity contribution in [2.45, 2.75) is 39.5 Å². The van der Waals surface area contributed by atoms with Crippen molar-refractivity contribution in [3.8, 4) is 23.0 Å². The van der Waals surface area contributed by atoms with E-state index in [-0.39, 0.29) is 23.0 Å². The average molecular weight is 304 g/mol. The number of aromatic hydroxyl groups is 4. The molecule has 0 atom stereocenters. The summed E-state index contributed by atoms with van der Waals surface area (Å²) in [6.07, 6.45) is 3.28. The zero-order chi connectivity index (χ0) is 16.5. The molecule has 0 amide bonds. The quantitative estimate of drug-likeness (QED) is 0.685. The molecule has 0 saturated carbocycles. The third kappa shape index (κ3) is 4.88. The normalized spacial score (nSPS) is 9.91. The number of benzene rings is 2.